The van der Waals surface area contributed by atoms with Crippen LogP contribution in [0.4, 0.5) is 22.0 Å². The lowest BCUT2D eigenvalue weighted by Crippen LogP contribution is -2.40. The summed E-state index contributed by atoms with van der Waals surface area (Å²) < 4.78 is 74.8. The van der Waals surface area contributed by atoms with Crippen molar-refractivity contribution in [1.29, 1.82) is 0 Å². The van der Waals surface area contributed by atoms with E-state index in [9.17, 15) is 26.7 Å². The van der Waals surface area contributed by atoms with Crippen LogP contribution >= 0.6 is 0 Å². The van der Waals surface area contributed by atoms with Gasteiger partial charge in [-0.1, -0.05) is 19.8 Å². The lowest BCUT2D eigenvalue weighted by atomic mass is 9.79. The summed E-state index contributed by atoms with van der Waals surface area (Å²) in [5, 5.41) is 0. The molecule has 2 aliphatic rings. The number of rotatable bonds is 6. The van der Waals surface area contributed by atoms with Crippen molar-refractivity contribution in [2.75, 3.05) is 0 Å². The van der Waals surface area contributed by atoms with Crippen LogP contribution in [0.5, 0.6) is 0 Å². The first-order valence-electron chi connectivity index (χ1n) is 9.45. The second kappa shape index (κ2) is 8.85. The summed E-state index contributed by atoms with van der Waals surface area (Å²) >= 11 is 0. The van der Waals surface area contributed by atoms with Crippen molar-refractivity contribution < 1.29 is 36.2 Å². The van der Waals surface area contributed by atoms with E-state index in [1.807, 2.05) is 0 Å². The van der Waals surface area contributed by atoms with Gasteiger partial charge in [-0.3, -0.25) is 0 Å². The van der Waals surface area contributed by atoms with Crippen molar-refractivity contribution in [2.45, 2.75) is 95.6 Å². The molecular formula is C18H27F5O3. The Kier molecular flexibility index (Phi) is 7.27. The second-order valence-electron chi connectivity index (χ2n) is 7.49. The highest BCUT2D eigenvalue weighted by molar-refractivity contribution is 5.75. The Labute approximate surface area is 150 Å². The molecule has 26 heavy (non-hydrogen) atoms. The van der Waals surface area contributed by atoms with Crippen LogP contribution in [0.1, 0.15) is 71.1 Å². The molecule has 0 unspecified atom stereocenters. The Bertz CT molecular complexity index is 450. The van der Waals surface area contributed by atoms with E-state index >= 15 is 0 Å². The van der Waals surface area contributed by atoms with Crippen LogP contribution in [0, 0.1) is 11.8 Å². The van der Waals surface area contributed by atoms with Crippen molar-refractivity contribution in [3.8, 4) is 0 Å². The van der Waals surface area contributed by atoms with Gasteiger partial charge in [-0.2, -0.15) is 22.0 Å². The summed E-state index contributed by atoms with van der Waals surface area (Å²) in [7, 11) is 0. The molecule has 0 bridgehead atoms. The average Bonchev–Trinajstić information content (AvgIpc) is 2.56. The largest absolute Gasteiger partial charge is 0.490 e. The van der Waals surface area contributed by atoms with Crippen molar-refractivity contribution in [1.82, 2.24) is 0 Å². The summed E-state index contributed by atoms with van der Waals surface area (Å²) in [6.45, 7) is 2.09. The van der Waals surface area contributed by atoms with Gasteiger partial charge in [0.05, 0.1) is 12.0 Å². The number of alkyl halides is 5. The zero-order valence-corrected chi connectivity index (χ0v) is 15.0. The van der Waals surface area contributed by atoms with Gasteiger partial charge in [0.15, 0.2) is 0 Å². The first-order chi connectivity index (χ1) is 12.1. The fraction of sp³-hybridized carbons (Fsp3) is 0.944. The highest BCUT2D eigenvalue weighted by Crippen LogP contribution is 2.42. The number of hydrogen-bond acceptors (Lipinski definition) is 3. The van der Waals surface area contributed by atoms with Gasteiger partial charge in [-0.15, -0.1) is 0 Å². The molecule has 0 aromatic heterocycles. The quantitative estimate of drug-likeness (QED) is 0.439. The van der Waals surface area contributed by atoms with Gasteiger partial charge in [-0.05, 0) is 57.3 Å². The molecule has 3 nitrogen and oxygen atoms in total. The molecule has 152 valence electrons. The molecule has 8 heteroatoms. The zero-order chi connectivity index (χ0) is 19.4. The van der Waals surface area contributed by atoms with E-state index in [2.05, 4.69) is 11.7 Å². The van der Waals surface area contributed by atoms with Gasteiger partial charge >= 0.3 is 18.3 Å². The predicted molar refractivity (Wildman–Crippen MR) is 84.6 cm³/mol. The minimum absolute atomic E-state index is 0.103. The molecule has 0 heterocycles. The molecule has 0 amide bonds. The summed E-state index contributed by atoms with van der Waals surface area (Å²) in [5.74, 6) is -2.50. The Morgan fingerprint density at radius 2 is 1.42 bits per heavy atom. The SMILES string of the molecule is CCCC1CCC(C(F)(F)OC2CCC(OC(=O)C(F)(F)F)CC2)CC1. The lowest BCUT2D eigenvalue weighted by molar-refractivity contribution is -0.302. The average molecular weight is 386 g/mol. The van der Waals surface area contributed by atoms with E-state index in [-0.39, 0.29) is 25.7 Å². The van der Waals surface area contributed by atoms with Crippen LogP contribution in [0.25, 0.3) is 0 Å². The number of carbonyl (C=O) groups excluding carboxylic acids is 1. The lowest BCUT2D eigenvalue weighted by Gasteiger charge is -2.36. The molecular weight excluding hydrogens is 359 g/mol. The van der Waals surface area contributed by atoms with Crippen molar-refractivity contribution in [3.63, 3.8) is 0 Å². The third-order valence-corrected chi connectivity index (χ3v) is 5.47. The summed E-state index contributed by atoms with van der Waals surface area (Å²) in [5.41, 5.74) is 0. The van der Waals surface area contributed by atoms with E-state index < -0.39 is 36.4 Å². The number of carbonyl (C=O) groups is 1. The Hall–Kier alpha value is -0.920. The fourth-order valence-electron chi connectivity index (χ4n) is 4.00. The van der Waals surface area contributed by atoms with Crippen molar-refractivity contribution in [3.05, 3.63) is 0 Å². The highest BCUT2D eigenvalue weighted by atomic mass is 19.4. The second-order valence-corrected chi connectivity index (χ2v) is 7.49. The molecule has 0 aromatic rings. The first kappa shape index (κ1) is 21.4. The third kappa shape index (κ3) is 6.06. The van der Waals surface area contributed by atoms with Gasteiger partial charge in [0, 0.05) is 0 Å². The number of hydrogen-bond donors (Lipinski definition) is 0. The van der Waals surface area contributed by atoms with Gasteiger partial charge in [0.1, 0.15) is 6.10 Å². The molecule has 0 atom stereocenters. The Morgan fingerprint density at radius 3 is 1.92 bits per heavy atom. The smallest absolute Gasteiger partial charge is 0.456 e. The van der Waals surface area contributed by atoms with Gasteiger partial charge in [0.25, 0.3) is 0 Å². The molecule has 0 saturated heterocycles. The molecule has 2 fully saturated rings. The first-order valence-corrected chi connectivity index (χ1v) is 9.45. The van der Waals surface area contributed by atoms with Gasteiger partial charge < -0.3 is 9.47 Å². The molecule has 0 aromatic carbocycles. The maximum atomic E-state index is 14.4. The fourth-order valence-corrected chi connectivity index (χ4v) is 4.00. The molecule has 2 saturated carbocycles. The standard InChI is InChI=1S/C18H27F5O3/c1-2-3-12-4-6-13(7-5-12)18(22,23)26-15-10-8-14(9-11-15)25-16(24)17(19,20)21/h12-15H,2-11H2,1H3. The molecule has 2 rings (SSSR count). The van der Waals surface area contributed by atoms with Crippen molar-refractivity contribution >= 4 is 5.97 Å². The molecule has 0 aliphatic heterocycles. The molecule has 2 aliphatic carbocycles. The van der Waals surface area contributed by atoms with E-state index in [0.717, 1.165) is 25.7 Å². The molecule has 0 radical (unpaired) electrons. The minimum atomic E-state index is -5.03. The summed E-state index contributed by atoms with van der Waals surface area (Å²) in [4.78, 5) is 10.8. The monoisotopic (exact) mass is 386 g/mol. The topological polar surface area (TPSA) is 35.5 Å². The Morgan fingerprint density at radius 1 is 0.885 bits per heavy atom. The van der Waals surface area contributed by atoms with Crippen LogP contribution in [-0.4, -0.2) is 30.5 Å². The van der Waals surface area contributed by atoms with E-state index in [1.54, 1.807) is 0 Å². The van der Waals surface area contributed by atoms with E-state index in [4.69, 9.17) is 4.74 Å². The van der Waals surface area contributed by atoms with Gasteiger partial charge in [0.2, 0.25) is 0 Å². The van der Waals surface area contributed by atoms with Crippen LogP contribution in [0.15, 0.2) is 0 Å². The summed E-state index contributed by atoms with van der Waals surface area (Å²) in [6, 6.07) is 0. The molecule has 0 spiro atoms. The minimum Gasteiger partial charge on any atom is -0.456 e. The van der Waals surface area contributed by atoms with Crippen LogP contribution in [0.3, 0.4) is 0 Å². The number of ether oxygens (including phenoxy) is 2. The summed E-state index contributed by atoms with van der Waals surface area (Å²) in [6.07, 6.45) is -4.72. The number of esters is 1. The van der Waals surface area contributed by atoms with Gasteiger partial charge in [-0.25, -0.2) is 4.79 Å². The maximum Gasteiger partial charge on any atom is 0.490 e. The molecule has 0 N–H and O–H groups in total. The third-order valence-electron chi connectivity index (χ3n) is 5.47. The van der Waals surface area contributed by atoms with Crippen LogP contribution in [-0.2, 0) is 14.3 Å². The maximum absolute atomic E-state index is 14.4. The normalized spacial score (nSPS) is 30.8. The zero-order valence-electron chi connectivity index (χ0n) is 15.0. The van der Waals surface area contributed by atoms with E-state index in [1.165, 1.54) is 0 Å². The van der Waals surface area contributed by atoms with Crippen LogP contribution in [0.2, 0.25) is 0 Å². The highest BCUT2D eigenvalue weighted by Gasteiger charge is 2.46. The van der Waals surface area contributed by atoms with Crippen LogP contribution < -0.4 is 0 Å². The van der Waals surface area contributed by atoms with Crippen molar-refractivity contribution in [2.24, 2.45) is 11.8 Å². The van der Waals surface area contributed by atoms with E-state index in [0.29, 0.717) is 18.8 Å². The number of halogens is 5. The predicted octanol–water partition coefficient (Wildman–Crippen LogP) is 5.62. The Balaban J connectivity index is 1.75.